The zero-order valence-corrected chi connectivity index (χ0v) is 15.6. The quantitative estimate of drug-likeness (QED) is 0.793. The molecule has 2 rings (SSSR count). The Morgan fingerprint density at radius 1 is 1.26 bits per heavy atom. The van der Waals surface area contributed by atoms with E-state index in [4.69, 9.17) is 16.9 Å². The summed E-state index contributed by atoms with van der Waals surface area (Å²) < 4.78 is 50.7. The Balaban J connectivity index is 2.27. The molecule has 4 nitrogen and oxygen atoms in total. The van der Waals surface area contributed by atoms with E-state index in [0.29, 0.717) is 27.8 Å². The summed E-state index contributed by atoms with van der Waals surface area (Å²) in [6.45, 7) is 1.63. The Morgan fingerprint density at radius 2 is 1.96 bits per heavy atom. The number of alkyl halides is 3. The fourth-order valence-electron chi connectivity index (χ4n) is 2.33. The van der Waals surface area contributed by atoms with E-state index in [-0.39, 0.29) is 17.1 Å². The summed E-state index contributed by atoms with van der Waals surface area (Å²) in [5.74, 6) is -0.422. The van der Waals surface area contributed by atoms with Crippen LogP contribution < -0.4 is 5.32 Å². The van der Waals surface area contributed by atoms with E-state index >= 15 is 0 Å². The van der Waals surface area contributed by atoms with Crippen molar-refractivity contribution >= 4 is 28.3 Å². The van der Waals surface area contributed by atoms with Crippen molar-refractivity contribution in [3.8, 4) is 6.07 Å². The van der Waals surface area contributed by atoms with Gasteiger partial charge in [-0.05, 0) is 42.0 Å². The molecule has 0 spiro atoms. The molecule has 0 saturated heterocycles. The highest BCUT2D eigenvalue weighted by Crippen LogP contribution is 2.32. The first-order valence-electron chi connectivity index (χ1n) is 7.73. The lowest BCUT2D eigenvalue weighted by Crippen LogP contribution is -2.24. The largest absolute Gasteiger partial charge is 0.416 e. The van der Waals surface area contributed by atoms with Crippen LogP contribution in [0, 0.1) is 11.3 Å². The van der Waals surface area contributed by atoms with Crippen LogP contribution in [-0.4, -0.2) is 15.9 Å². The van der Waals surface area contributed by atoms with Crippen LogP contribution in [0.25, 0.3) is 0 Å². The van der Waals surface area contributed by atoms with E-state index in [0.717, 1.165) is 12.1 Å². The predicted molar refractivity (Wildman–Crippen MR) is 95.7 cm³/mol. The molecule has 142 valence electrons. The number of benzene rings is 2. The number of amides is 1. The topological polar surface area (TPSA) is 70.0 Å². The van der Waals surface area contributed by atoms with Crippen LogP contribution >= 0.6 is 11.6 Å². The maximum atomic E-state index is 12.9. The third-order valence-corrected chi connectivity index (χ3v) is 5.26. The number of nitrogens with one attached hydrogen (secondary N) is 1. The zero-order valence-electron chi connectivity index (χ0n) is 14.1. The number of halogens is 4. The first-order valence-corrected chi connectivity index (χ1v) is 9.42. The molecule has 0 heterocycles. The van der Waals surface area contributed by atoms with Crippen LogP contribution in [0.15, 0.2) is 41.3 Å². The third-order valence-electron chi connectivity index (χ3n) is 3.62. The molecule has 0 aliphatic rings. The first kappa shape index (κ1) is 20.9. The van der Waals surface area contributed by atoms with Crippen molar-refractivity contribution in [1.29, 1.82) is 5.26 Å². The van der Waals surface area contributed by atoms with Gasteiger partial charge in [-0.2, -0.15) is 18.4 Å². The molecule has 0 radical (unpaired) electrons. The van der Waals surface area contributed by atoms with Crippen molar-refractivity contribution in [1.82, 2.24) is 5.32 Å². The summed E-state index contributed by atoms with van der Waals surface area (Å²) in [6.07, 6.45) is -4.63. The number of hydrogen-bond acceptors (Lipinski definition) is 3. The molecule has 0 saturated carbocycles. The van der Waals surface area contributed by atoms with Crippen molar-refractivity contribution in [3.63, 3.8) is 0 Å². The van der Waals surface area contributed by atoms with E-state index < -0.39 is 28.4 Å². The average molecular weight is 415 g/mol. The minimum absolute atomic E-state index is 0.0940. The van der Waals surface area contributed by atoms with Crippen LogP contribution in [0.5, 0.6) is 0 Å². The Kier molecular flexibility index (Phi) is 6.63. The standard InChI is InChI=1S/C18H14ClF3N2O2S/c1-2-27(26)16-4-3-11(9-23)5-13(16)10-24-17(25)12-6-14(18(20,21)22)8-15(19)7-12/h3-8H,2,10H2,1H3,(H,24,25). The molecular formula is C18H14ClF3N2O2S. The van der Waals surface area contributed by atoms with Crippen LogP contribution in [0.3, 0.4) is 0 Å². The molecule has 1 unspecified atom stereocenters. The summed E-state index contributed by atoms with van der Waals surface area (Å²) >= 11 is 5.69. The molecule has 1 atom stereocenters. The Hall–Kier alpha value is -2.37. The Bertz CT molecular complexity index is 939. The number of carbonyl (C=O) groups excluding carboxylic acids is 1. The second kappa shape index (κ2) is 8.55. The highest BCUT2D eigenvalue weighted by atomic mass is 35.5. The monoisotopic (exact) mass is 414 g/mol. The number of nitrogens with zero attached hydrogens (tertiary/aromatic N) is 1. The summed E-state index contributed by atoms with van der Waals surface area (Å²) in [4.78, 5) is 12.7. The highest BCUT2D eigenvalue weighted by molar-refractivity contribution is 7.85. The molecule has 1 N–H and O–H groups in total. The number of rotatable bonds is 5. The van der Waals surface area contributed by atoms with Gasteiger partial charge >= 0.3 is 6.18 Å². The summed E-state index contributed by atoms with van der Waals surface area (Å²) in [5, 5.41) is 11.3. The molecule has 0 aliphatic carbocycles. The lowest BCUT2D eigenvalue weighted by molar-refractivity contribution is -0.137. The van der Waals surface area contributed by atoms with Crippen molar-refractivity contribution in [2.75, 3.05) is 5.75 Å². The summed E-state index contributed by atoms with van der Waals surface area (Å²) in [7, 11) is -1.32. The minimum atomic E-state index is -4.63. The number of nitriles is 1. The smallest absolute Gasteiger partial charge is 0.348 e. The molecule has 9 heteroatoms. The van der Waals surface area contributed by atoms with Crippen molar-refractivity contribution in [2.45, 2.75) is 24.5 Å². The summed E-state index contributed by atoms with van der Waals surface area (Å²) in [6, 6.07) is 9.06. The average Bonchev–Trinajstić information content (AvgIpc) is 2.63. The lowest BCUT2D eigenvalue weighted by atomic mass is 10.1. The highest BCUT2D eigenvalue weighted by Gasteiger charge is 2.31. The van der Waals surface area contributed by atoms with Gasteiger partial charge in [0.2, 0.25) is 0 Å². The minimum Gasteiger partial charge on any atom is -0.348 e. The van der Waals surface area contributed by atoms with Gasteiger partial charge in [0.15, 0.2) is 0 Å². The van der Waals surface area contributed by atoms with Crippen LogP contribution in [0.1, 0.15) is 34.0 Å². The van der Waals surface area contributed by atoms with Crippen LogP contribution in [0.4, 0.5) is 13.2 Å². The molecule has 0 bridgehead atoms. The van der Waals surface area contributed by atoms with Gasteiger partial charge in [-0.1, -0.05) is 18.5 Å². The van der Waals surface area contributed by atoms with Gasteiger partial charge in [0.1, 0.15) is 0 Å². The van der Waals surface area contributed by atoms with E-state index in [1.807, 2.05) is 6.07 Å². The number of hydrogen-bond donors (Lipinski definition) is 1. The zero-order chi connectivity index (χ0) is 20.2. The number of carbonyl (C=O) groups is 1. The van der Waals surface area contributed by atoms with Crippen LogP contribution in [0.2, 0.25) is 5.02 Å². The first-order chi connectivity index (χ1) is 12.7. The third kappa shape index (κ3) is 5.31. The Labute approximate surface area is 161 Å². The molecule has 2 aromatic carbocycles. The molecule has 27 heavy (non-hydrogen) atoms. The van der Waals surface area contributed by atoms with Gasteiger partial charge in [-0.25, -0.2) is 0 Å². The van der Waals surface area contributed by atoms with Gasteiger partial charge < -0.3 is 5.32 Å². The fourth-order valence-corrected chi connectivity index (χ4v) is 3.52. The van der Waals surface area contributed by atoms with Gasteiger partial charge in [-0.15, -0.1) is 0 Å². The molecule has 2 aromatic rings. The molecule has 1 amide bonds. The molecule has 0 aliphatic heterocycles. The predicted octanol–water partition coefficient (Wildman–Crippen LogP) is 4.29. The second-order valence-electron chi connectivity index (χ2n) is 5.48. The van der Waals surface area contributed by atoms with Crippen LogP contribution in [-0.2, 0) is 23.5 Å². The van der Waals surface area contributed by atoms with Crippen molar-refractivity contribution < 1.29 is 22.2 Å². The second-order valence-corrected chi connectivity index (χ2v) is 7.62. The van der Waals surface area contributed by atoms with Gasteiger partial charge in [0, 0.05) is 27.8 Å². The fraction of sp³-hybridized carbons (Fsp3) is 0.222. The maximum absolute atomic E-state index is 12.9. The van der Waals surface area contributed by atoms with Gasteiger partial charge in [0.25, 0.3) is 5.91 Å². The molecule has 0 fully saturated rings. The normalized spacial score (nSPS) is 12.3. The van der Waals surface area contributed by atoms with E-state index in [2.05, 4.69) is 5.32 Å². The Morgan fingerprint density at radius 3 is 2.56 bits per heavy atom. The molecule has 0 aromatic heterocycles. The lowest BCUT2D eigenvalue weighted by Gasteiger charge is -2.12. The maximum Gasteiger partial charge on any atom is 0.416 e. The SMILES string of the molecule is CCS(=O)c1ccc(C#N)cc1CNC(=O)c1cc(Cl)cc(C(F)(F)F)c1. The van der Waals surface area contributed by atoms with Gasteiger partial charge in [-0.3, -0.25) is 9.00 Å². The van der Waals surface area contributed by atoms with E-state index in [1.165, 1.54) is 12.1 Å². The van der Waals surface area contributed by atoms with E-state index in [1.54, 1.807) is 13.0 Å². The van der Waals surface area contributed by atoms with E-state index in [9.17, 15) is 22.2 Å². The summed E-state index contributed by atoms with van der Waals surface area (Å²) in [5.41, 5.74) is -0.497. The van der Waals surface area contributed by atoms with Crippen molar-refractivity contribution in [2.24, 2.45) is 0 Å². The molecular weight excluding hydrogens is 401 g/mol. The van der Waals surface area contributed by atoms with Gasteiger partial charge in [0.05, 0.1) is 28.0 Å². The van der Waals surface area contributed by atoms with Crippen molar-refractivity contribution in [3.05, 3.63) is 63.7 Å².